The van der Waals surface area contributed by atoms with E-state index in [0.29, 0.717) is 0 Å². The van der Waals surface area contributed by atoms with Crippen molar-refractivity contribution in [1.82, 2.24) is 15.5 Å². The summed E-state index contributed by atoms with van der Waals surface area (Å²) in [5, 5.41) is 11.2. The number of unbranched alkanes of at least 4 members (excludes halogenated alkanes) is 3. The van der Waals surface area contributed by atoms with Crippen LogP contribution in [0.4, 0.5) is 0 Å². The molecule has 0 radical (unpaired) electrons. The first kappa shape index (κ1) is 12.9. The van der Waals surface area contributed by atoms with Crippen molar-refractivity contribution in [2.45, 2.75) is 36.9 Å². The van der Waals surface area contributed by atoms with Gasteiger partial charge in [0, 0.05) is 12.3 Å². The first-order valence-electron chi connectivity index (χ1n) is 5.53. The number of hydrogen-bond acceptors (Lipinski definition) is 5. The van der Waals surface area contributed by atoms with E-state index in [1.807, 2.05) is 0 Å². The second-order valence-electron chi connectivity index (χ2n) is 3.36. The van der Waals surface area contributed by atoms with Crippen LogP contribution in [0.15, 0.2) is 9.85 Å². The smallest absolute Gasteiger partial charge is 0.174 e. The molecule has 1 N–H and O–H groups in total. The molecule has 0 unspecified atom stereocenters. The largest absolute Gasteiger partial charge is 0.316 e. The highest BCUT2D eigenvalue weighted by molar-refractivity contribution is 8.01. The maximum atomic E-state index is 3.98. The Hall–Kier alpha value is -0.130. The van der Waals surface area contributed by atoms with Crippen LogP contribution >= 0.6 is 23.1 Å². The van der Waals surface area contributed by atoms with Crippen LogP contribution in [0.2, 0.25) is 0 Å². The van der Waals surface area contributed by atoms with E-state index in [2.05, 4.69) is 22.4 Å². The fraction of sp³-hybridized carbons (Fsp3) is 0.800. The van der Waals surface area contributed by atoms with Crippen LogP contribution in [0.25, 0.3) is 0 Å². The monoisotopic (exact) mass is 245 g/mol. The van der Waals surface area contributed by atoms with Gasteiger partial charge in [-0.3, -0.25) is 0 Å². The minimum Gasteiger partial charge on any atom is -0.316 e. The lowest BCUT2D eigenvalue weighted by atomic mass is 10.2. The summed E-state index contributed by atoms with van der Waals surface area (Å²) in [6.07, 6.45) is 5.33. The van der Waals surface area contributed by atoms with E-state index >= 15 is 0 Å². The molecule has 0 amide bonds. The van der Waals surface area contributed by atoms with E-state index in [0.717, 1.165) is 23.2 Å². The highest BCUT2D eigenvalue weighted by atomic mass is 32.2. The number of nitrogens with zero attached hydrogens (tertiary/aromatic N) is 2. The Morgan fingerprint density at radius 3 is 3.00 bits per heavy atom. The lowest BCUT2D eigenvalue weighted by molar-refractivity contribution is 0.613. The van der Waals surface area contributed by atoms with Gasteiger partial charge in [0.2, 0.25) is 0 Å². The minimum absolute atomic E-state index is 1.07. The van der Waals surface area contributed by atoms with Gasteiger partial charge in [0.05, 0.1) is 0 Å². The first-order chi connectivity index (χ1) is 7.43. The fourth-order valence-corrected chi connectivity index (χ4v) is 2.69. The molecule has 0 bridgehead atoms. The molecule has 0 aliphatic carbocycles. The Morgan fingerprint density at radius 2 is 2.27 bits per heavy atom. The maximum absolute atomic E-state index is 3.98. The van der Waals surface area contributed by atoms with Gasteiger partial charge in [-0.2, -0.15) is 0 Å². The molecule has 0 saturated carbocycles. The van der Waals surface area contributed by atoms with Gasteiger partial charge >= 0.3 is 0 Å². The van der Waals surface area contributed by atoms with Gasteiger partial charge in [0.15, 0.2) is 4.34 Å². The quantitative estimate of drug-likeness (QED) is 0.536. The minimum atomic E-state index is 1.07. The normalized spacial score (nSPS) is 10.7. The average Bonchev–Trinajstić information content (AvgIpc) is 2.75. The third-order valence-electron chi connectivity index (χ3n) is 2.05. The van der Waals surface area contributed by atoms with E-state index in [1.165, 1.54) is 25.7 Å². The van der Waals surface area contributed by atoms with E-state index in [1.54, 1.807) is 28.6 Å². The molecule has 1 aromatic rings. The van der Waals surface area contributed by atoms with Gasteiger partial charge in [0.1, 0.15) is 5.51 Å². The van der Waals surface area contributed by atoms with Gasteiger partial charge in [-0.1, -0.05) is 49.3 Å². The van der Waals surface area contributed by atoms with Crippen LogP contribution in [0, 0.1) is 0 Å². The predicted octanol–water partition coefficient (Wildman–Crippen LogP) is 2.80. The Labute approximate surface area is 100 Å². The molecule has 0 fully saturated rings. The molecule has 0 aliphatic heterocycles. The fourth-order valence-electron chi connectivity index (χ4n) is 1.24. The van der Waals surface area contributed by atoms with E-state index in [-0.39, 0.29) is 0 Å². The van der Waals surface area contributed by atoms with Crippen LogP contribution in [0.1, 0.15) is 32.6 Å². The summed E-state index contributed by atoms with van der Waals surface area (Å²) in [5.41, 5.74) is 1.78. The van der Waals surface area contributed by atoms with Crippen molar-refractivity contribution in [2.75, 3.05) is 18.8 Å². The molecule has 0 saturated heterocycles. The SMILES string of the molecule is CCCCCCNCCSc1nncs1. The van der Waals surface area contributed by atoms with Crippen LogP contribution < -0.4 is 5.32 Å². The highest BCUT2D eigenvalue weighted by Gasteiger charge is 1.96. The molecular formula is C10H19N3S2. The number of nitrogens with one attached hydrogen (secondary N) is 1. The van der Waals surface area contributed by atoms with Crippen molar-refractivity contribution >= 4 is 23.1 Å². The second-order valence-corrected chi connectivity index (χ2v) is 5.54. The van der Waals surface area contributed by atoms with Crippen molar-refractivity contribution in [1.29, 1.82) is 0 Å². The highest BCUT2D eigenvalue weighted by Crippen LogP contribution is 2.17. The molecular weight excluding hydrogens is 226 g/mol. The van der Waals surface area contributed by atoms with E-state index in [4.69, 9.17) is 0 Å². The van der Waals surface area contributed by atoms with E-state index < -0.39 is 0 Å². The summed E-state index contributed by atoms with van der Waals surface area (Å²) < 4.78 is 1.07. The van der Waals surface area contributed by atoms with Crippen molar-refractivity contribution in [3.05, 3.63) is 5.51 Å². The number of rotatable bonds is 9. The molecule has 1 heterocycles. The Morgan fingerprint density at radius 1 is 1.33 bits per heavy atom. The van der Waals surface area contributed by atoms with Crippen molar-refractivity contribution in [2.24, 2.45) is 0 Å². The van der Waals surface area contributed by atoms with Crippen LogP contribution in [-0.4, -0.2) is 29.0 Å². The van der Waals surface area contributed by atoms with Crippen molar-refractivity contribution in [3.63, 3.8) is 0 Å². The standard InChI is InChI=1S/C10H19N3S2/c1-2-3-4-5-6-11-7-8-14-10-13-12-9-15-10/h9,11H,2-8H2,1H3. The van der Waals surface area contributed by atoms with Gasteiger partial charge in [-0.25, -0.2) is 0 Å². The Balaban J connectivity index is 1.81. The topological polar surface area (TPSA) is 37.8 Å². The number of aromatic nitrogens is 2. The number of hydrogen-bond donors (Lipinski definition) is 1. The van der Waals surface area contributed by atoms with Crippen LogP contribution in [0.3, 0.4) is 0 Å². The predicted molar refractivity (Wildman–Crippen MR) is 67.6 cm³/mol. The van der Waals surface area contributed by atoms with Crippen LogP contribution in [-0.2, 0) is 0 Å². The molecule has 3 nitrogen and oxygen atoms in total. The van der Waals surface area contributed by atoms with Gasteiger partial charge < -0.3 is 5.32 Å². The van der Waals surface area contributed by atoms with Gasteiger partial charge in [-0.05, 0) is 13.0 Å². The Bertz CT molecular complexity index is 227. The molecule has 5 heteroatoms. The molecule has 1 rings (SSSR count). The van der Waals surface area contributed by atoms with Gasteiger partial charge in [0.25, 0.3) is 0 Å². The summed E-state index contributed by atoms with van der Waals surface area (Å²) in [7, 11) is 0. The lowest BCUT2D eigenvalue weighted by Gasteiger charge is -2.02. The zero-order valence-corrected chi connectivity index (χ0v) is 10.9. The zero-order chi connectivity index (χ0) is 10.8. The molecule has 86 valence electrons. The molecule has 0 aliphatic rings. The molecule has 15 heavy (non-hydrogen) atoms. The second kappa shape index (κ2) is 9.12. The summed E-state index contributed by atoms with van der Waals surface area (Å²) in [4.78, 5) is 0. The molecule has 0 aromatic carbocycles. The van der Waals surface area contributed by atoms with Gasteiger partial charge in [-0.15, -0.1) is 10.2 Å². The number of thioether (sulfide) groups is 1. The summed E-state index contributed by atoms with van der Waals surface area (Å²) >= 11 is 3.39. The van der Waals surface area contributed by atoms with E-state index in [9.17, 15) is 0 Å². The third-order valence-corrected chi connectivity index (χ3v) is 3.91. The zero-order valence-electron chi connectivity index (χ0n) is 9.24. The summed E-state index contributed by atoms with van der Waals surface area (Å²) in [6.45, 7) is 4.46. The van der Waals surface area contributed by atoms with Crippen LogP contribution in [0.5, 0.6) is 0 Å². The van der Waals surface area contributed by atoms with Crippen molar-refractivity contribution in [3.8, 4) is 0 Å². The Kier molecular flexibility index (Phi) is 7.87. The average molecular weight is 245 g/mol. The molecule has 0 atom stereocenters. The summed E-state index contributed by atoms with van der Waals surface area (Å²) in [6, 6.07) is 0. The lowest BCUT2D eigenvalue weighted by Crippen LogP contribution is -2.18. The molecule has 1 aromatic heterocycles. The maximum Gasteiger partial charge on any atom is 0.174 e. The first-order valence-corrected chi connectivity index (χ1v) is 7.39. The summed E-state index contributed by atoms with van der Waals surface area (Å²) in [5.74, 6) is 1.09. The van der Waals surface area contributed by atoms with Crippen molar-refractivity contribution < 1.29 is 0 Å². The third kappa shape index (κ3) is 6.87. The molecule has 0 spiro atoms.